The molecule has 0 unspecified atom stereocenters. The van der Waals surface area contributed by atoms with Crippen LogP contribution in [0.15, 0.2) is 23.1 Å². The number of fused-ring (bicyclic) bond motifs is 1. The van der Waals surface area contributed by atoms with Crippen molar-refractivity contribution in [3.8, 4) is 0 Å². The summed E-state index contributed by atoms with van der Waals surface area (Å²) in [6, 6.07) is 3.48. The van der Waals surface area contributed by atoms with Gasteiger partial charge in [0.1, 0.15) is 12.4 Å². The highest BCUT2D eigenvalue weighted by atomic mass is 16.5. The molecule has 0 amide bonds. The van der Waals surface area contributed by atoms with Gasteiger partial charge in [0.2, 0.25) is 0 Å². The minimum atomic E-state index is -0.0560. The fourth-order valence-electron chi connectivity index (χ4n) is 3.87. The molecule has 8 nitrogen and oxygen atoms in total. The molecule has 0 atom stereocenters. The van der Waals surface area contributed by atoms with Crippen LogP contribution < -0.4 is 5.56 Å². The molecule has 2 aromatic rings. The topological polar surface area (TPSA) is 68.4 Å². The SMILES string of the molecule is CC(C)(C)c1ccc(=O)n(CCN2CCN(Cc3cn4c(n3)COCC4)CC2)n1. The number of ether oxygens (including phenoxy) is 1. The van der Waals surface area contributed by atoms with Crippen LogP contribution in [0.1, 0.15) is 38.0 Å². The van der Waals surface area contributed by atoms with Crippen LogP contribution in [-0.2, 0) is 36.4 Å². The maximum atomic E-state index is 12.2. The molecule has 4 rings (SSSR count). The lowest BCUT2D eigenvalue weighted by Crippen LogP contribution is -2.47. The predicted octanol–water partition coefficient (Wildman–Crippen LogP) is 1.09. The Morgan fingerprint density at radius 1 is 1.03 bits per heavy atom. The van der Waals surface area contributed by atoms with Crippen LogP contribution in [0.5, 0.6) is 0 Å². The molecule has 1 fully saturated rings. The molecular formula is C21H32N6O2. The zero-order valence-corrected chi connectivity index (χ0v) is 17.8. The highest BCUT2D eigenvalue weighted by Crippen LogP contribution is 2.18. The van der Waals surface area contributed by atoms with E-state index in [2.05, 4.69) is 46.4 Å². The molecule has 0 aromatic carbocycles. The largest absolute Gasteiger partial charge is 0.372 e. The summed E-state index contributed by atoms with van der Waals surface area (Å²) < 4.78 is 9.31. The lowest BCUT2D eigenvalue weighted by atomic mass is 9.92. The number of nitrogens with zero attached hydrogens (tertiary/aromatic N) is 6. The van der Waals surface area contributed by atoms with Gasteiger partial charge in [-0.05, 0) is 6.07 Å². The molecule has 0 radical (unpaired) electrons. The third kappa shape index (κ3) is 4.94. The Kier molecular flexibility index (Phi) is 5.85. The van der Waals surface area contributed by atoms with Crippen LogP contribution in [0.4, 0.5) is 0 Å². The maximum Gasteiger partial charge on any atom is 0.266 e. The summed E-state index contributed by atoms with van der Waals surface area (Å²) >= 11 is 0. The van der Waals surface area contributed by atoms with Crippen molar-refractivity contribution in [2.24, 2.45) is 0 Å². The van der Waals surface area contributed by atoms with E-state index in [0.717, 1.165) is 69.6 Å². The van der Waals surface area contributed by atoms with Crippen molar-refractivity contribution in [2.75, 3.05) is 39.3 Å². The first kappa shape index (κ1) is 20.3. The van der Waals surface area contributed by atoms with E-state index in [1.165, 1.54) is 0 Å². The fraction of sp³-hybridized carbons (Fsp3) is 0.667. The Balaban J connectivity index is 1.27. The second-order valence-electron chi connectivity index (χ2n) is 9.04. The first-order chi connectivity index (χ1) is 13.9. The van der Waals surface area contributed by atoms with Crippen molar-refractivity contribution in [3.63, 3.8) is 0 Å². The van der Waals surface area contributed by atoms with E-state index < -0.39 is 0 Å². The van der Waals surface area contributed by atoms with Gasteiger partial charge in [0.05, 0.1) is 24.5 Å². The molecule has 0 saturated carbocycles. The summed E-state index contributed by atoms with van der Waals surface area (Å²) in [5, 5.41) is 4.58. The van der Waals surface area contributed by atoms with Gasteiger partial charge in [-0.2, -0.15) is 5.10 Å². The molecule has 4 heterocycles. The van der Waals surface area contributed by atoms with Gasteiger partial charge in [-0.25, -0.2) is 9.67 Å². The molecule has 2 aromatic heterocycles. The van der Waals surface area contributed by atoms with E-state index in [-0.39, 0.29) is 11.0 Å². The van der Waals surface area contributed by atoms with Crippen molar-refractivity contribution < 1.29 is 4.74 Å². The predicted molar refractivity (Wildman–Crippen MR) is 111 cm³/mol. The van der Waals surface area contributed by atoms with Gasteiger partial charge in [-0.3, -0.25) is 14.6 Å². The van der Waals surface area contributed by atoms with Crippen LogP contribution in [0, 0.1) is 0 Å². The molecule has 1 saturated heterocycles. The van der Waals surface area contributed by atoms with Crippen molar-refractivity contribution in [1.29, 1.82) is 0 Å². The highest BCUT2D eigenvalue weighted by Gasteiger charge is 2.20. The zero-order valence-electron chi connectivity index (χ0n) is 17.8. The molecule has 0 spiro atoms. The second-order valence-corrected chi connectivity index (χ2v) is 9.04. The Hall–Kier alpha value is -2.03. The quantitative estimate of drug-likeness (QED) is 0.748. The molecule has 0 N–H and O–H groups in total. The molecule has 29 heavy (non-hydrogen) atoms. The van der Waals surface area contributed by atoms with E-state index in [1.54, 1.807) is 10.7 Å². The van der Waals surface area contributed by atoms with E-state index in [4.69, 9.17) is 9.72 Å². The van der Waals surface area contributed by atoms with Gasteiger partial charge in [0, 0.05) is 63.5 Å². The van der Waals surface area contributed by atoms with Gasteiger partial charge in [0.25, 0.3) is 5.56 Å². The van der Waals surface area contributed by atoms with Gasteiger partial charge in [-0.1, -0.05) is 20.8 Å². The number of hydrogen-bond acceptors (Lipinski definition) is 6. The first-order valence-electron chi connectivity index (χ1n) is 10.5. The fourth-order valence-corrected chi connectivity index (χ4v) is 3.87. The molecule has 8 heteroatoms. The second kappa shape index (κ2) is 8.38. The summed E-state index contributed by atoms with van der Waals surface area (Å²) in [4.78, 5) is 21.8. The summed E-state index contributed by atoms with van der Waals surface area (Å²) in [7, 11) is 0. The summed E-state index contributed by atoms with van der Waals surface area (Å²) in [6.07, 6.45) is 2.17. The zero-order chi connectivity index (χ0) is 20.4. The van der Waals surface area contributed by atoms with Crippen molar-refractivity contribution in [2.45, 2.75) is 52.4 Å². The van der Waals surface area contributed by atoms with E-state index in [0.29, 0.717) is 13.2 Å². The van der Waals surface area contributed by atoms with Crippen molar-refractivity contribution in [3.05, 3.63) is 45.9 Å². The summed E-state index contributed by atoms with van der Waals surface area (Å²) in [5.41, 5.74) is 2.01. The number of imidazole rings is 1. The van der Waals surface area contributed by atoms with Gasteiger partial charge >= 0.3 is 0 Å². The molecule has 0 aliphatic carbocycles. The number of piperazine rings is 1. The Morgan fingerprint density at radius 2 is 1.79 bits per heavy atom. The van der Waals surface area contributed by atoms with Crippen LogP contribution in [-0.4, -0.2) is 68.5 Å². The number of rotatable bonds is 5. The van der Waals surface area contributed by atoms with E-state index in [9.17, 15) is 4.79 Å². The number of hydrogen-bond donors (Lipinski definition) is 0. The highest BCUT2D eigenvalue weighted by molar-refractivity contribution is 5.10. The van der Waals surface area contributed by atoms with Crippen LogP contribution in [0.3, 0.4) is 0 Å². The lowest BCUT2D eigenvalue weighted by molar-refractivity contribution is 0.0815. The average Bonchev–Trinajstić information content (AvgIpc) is 3.10. The minimum absolute atomic E-state index is 0.0237. The normalized spacial score (nSPS) is 18.7. The number of aromatic nitrogens is 4. The molecule has 2 aliphatic rings. The van der Waals surface area contributed by atoms with Crippen LogP contribution in [0.25, 0.3) is 0 Å². The van der Waals surface area contributed by atoms with E-state index in [1.807, 2.05) is 6.07 Å². The monoisotopic (exact) mass is 400 g/mol. The van der Waals surface area contributed by atoms with Crippen molar-refractivity contribution in [1.82, 2.24) is 29.1 Å². The third-order valence-corrected chi connectivity index (χ3v) is 5.73. The molecule has 0 bridgehead atoms. The maximum absolute atomic E-state index is 12.2. The molecule has 158 valence electrons. The Labute approximate surface area is 172 Å². The summed E-state index contributed by atoms with van der Waals surface area (Å²) in [5.74, 6) is 1.04. The average molecular weight is 401 g/mol. The molecule has 2 aliphatic heterocycles. The first-order valence-corrected chi connectivity index (χ1v) is 10.5. The van der Waals surface area contributed by atoms with Gasteiger partial charge in [-0.15, -0.1) is 0 Å². The standard InChI is InChI=1S/C21H32N6O2/c1-21(2,3)18-4-5-20(28)27(23-18)11-10-24-6-8-25(9-7-24)14-17-15-26-12-13-29-16-19(26)22-17/h4-5,15H,6-14,16H2,1-3H3. The van der Waals surface area contributed by atoms with Gasteiger partial charge in [0.15, 0.2) is 0 Å². The Morgan fingerprint density at radius 3 is 2.52 bits per heavy atom. The summed E-state index contributed by atoms with van der Waals surface area (Å²) in [6.45, 7) is 15.1. The van der Waals surface area contributed by atoms with E-state index >= 15 is 0 Å². The minimum Gasteiger partial charge on any atom is -0.372 e. The van der Waals surface area contributed by atoms with Gasteiger partial charge < -0.3 is 9.30 Å². The van der Waals surface area contributed by atoms with Crippen molar-refractivity contribution >= 4 is 0 Å². The Bertz CT molecular complexity index is 866. The van der Waals surface area contributed by atoms with Crippen LogP contribution in [0.2, 0.25) is 0 Å². The smallest absolute Gasteiger partial charge is 0.266 e. The lowest BCUT2D eigenvalue weighted by Gasteiger charge is -2.34. The van der Waals surface area contributed by atoms with Crippen LogP contribution >= 0.6 is 0 Å². The molecular weight excluding hydrogens is 368 g/mol. The third-order valence-electron chi connectivity index (χ3n) is 5.73.